The van der Waals surface area contributed by atoms with Gasteiger partial charge in [0.05, 0.1) is 24.7 Å². The molecule has 1 aliphatic carbocycles. The van der Waals surface area contributed by atoms with Crippen LogP contribution in [0.2, 0.25) is 0 Å². The van der Waals surface area contributed by atoms with Gasteiger partial charge < -0.3 is 20.4 Å². The van der Waals surface area contributed by atoms with E-state index in [0.29, 0.717) is 17.8 Å². The summed E-state index contributed by atoms with van der Waals surface area (Å²) in [6, 6.07) is 10.1. The van der Waals surface area contributed by atoms with Crippen molar-refractivity contribution in [2.45, 2.75) is 64.6 Å². The lowest BCUT2D eigenvalue weighted by Gasteiger charge is -2.48. The molecule has 2 aliphatic rings. The van der Waals surface area contributed by atoms with Crippen LogP contribution in [0.5, 0.6) is 0 Å². The minimum absolute atomic E-state index is 0.0334. The molecule has 0 bridgehead atoms. The molecule has 5 nitrogen and oxygen atoms in total. The molecule has 2 fully saturated rings. The maximum Gasteiger partial charge on any atom is 0.481 e. The number of carbonyl (C=O) groups excluding carboxylic acids is 1. The van der Waals surface area contributed by atoms with Crippen LogP contribution in [0.15, 0.2) is 30.3 Å². The van der Waals surface area contributed by atoms with Gasteiger partial charge in [0.2, 0.25) is 5.91 Å². The predicted octanol–water partition coefficient (Wildman–Crippen LogP) is 2.33. The van der Waals surface area contributed by atoms with Crippen LogP contribution in [0.4, 0.5) is 0 Å². The number of nitrogens with one attached hydrogen (secondary N) is 1. The number of rotatable bonds is 7. The molecule has 3 N–H and O–H groups in total. The molecule has 3 rings (SSSR count). The monoisotopic (exact) mass is 358 g/mol. The van der Waals surface area contributed by atoms with Crippen LogP contribution in [0.3, 0.4) is 0 Å². The molecule has 142 valence electrons. The SMILES string of the molecule is CCC1OB(C(Cc2ccccc2)NC(=O)CN)OC1C1CCC1(C)C. The summed E-state index contributed by atoms with van der Waals surface area (Å²) >= 11 is 0. The fourth-order valence-corrected chi connectivity index (χ4v) is 4.24. The second-order valence-corrected chi connectivity index (χ2v) is 8.25. The predicted molar refractivity (Wildman–Crippen MR) is 103 cm³/mol. The van der Waals surface area contributed by atoms with E-state index in [2.05, 4.69) is 38.2 Å². The Morgan fingerprint density at radius 1 is 1.35 bits per heavy atom. The first-order valence-electron chi connectivity index (χ1n) is 9.79. The summed E-state index contributed by atoms with van der Waals surface area (Å²) in [6.07, 6.45) is 4.17. The molecule has 1 saturated carbocycles. The molecule has 1 aromatic carbocycles. The van der Waals surface area contributed by atoms with Crippen molar-refractivity contribution >= 4 is 13.0 Å². The van der Waals surface area contributed by atoms with Crippen LogP contribution >= 0.6 is 0 Å². The quantitative estimate of drug-likeness (QED) is 0.734. The molecule has 0 aromatic heterocycles. The fourth-order valence-electron chi connectivity index (χ4n) is 4.24. The van der Waals surface area contributed by atoms with Gasteiger partial charge in [-0.2, -0.15) is 0 Å². The molecule has 1 aromatic rings. The van der Waals surface area contributed by atoms with E-state index in [1.54, 1.807) is 0 Å². The smallest absolute Gasteiger partial charge is 0.404 e. The zero-order chi connectivity index (χ0) is 18.7. The molecule has 1 aliphatic heterocycles. The summed E-state index contributed by atoms with van der Waals surface area (Å²) < 4.78 is 12.7. The van der Waals surface area contributed by atoms with Crippen molar-refractivity contribution in [1.82, 2.24) is 5.32 Å². The Morgan fingerprint density at radius 3 is 2.62 bits per heavy atom. The molecule has 0 radical (unpaired) electrons. The van der Waals surface area contributed by atoms with Gasteiger partial charge in [-0.25, -0.2) is 0 Å². The second kappa shape index (κ2) is 8.11. The average Bonchev–Trinajstić information content (AvgIpc) is 3.04. The van der Waals surface area contributed by atoms with Gasteiger partial charge in [0.15, 0.2) is 0 Å². The van der Waals surface area contributed by atoms with Crippen molar-refractivity contribution in [3.63, 3.8) is 0 Å². The molecule has 4 atom stereocenters. The van der Waals surface area contributed by atoms with Gasteiger partial charge in [-0.05, 0) is 42.6 Å². The Labute approximate surface area is 157 Å². The Morgan fingerprint density at radius 2 is 2.08 bits per heavy atom. The summed E-state index contributed by atoms with van der Waals surface area (Å²) in [5.74, 6) is 0.0920. The van der Waals surface area contributed by atoms with Gasteiger partial charge in [-0.15, -0.1) is 0 Å². The largest absolute Gasteiger partial charge is 0.481 e. The van der Waals surface area contributed by atoms with E-state index in [-0.39, 0.29) is 30.6 Å². The molecular formula is C20H31BN2O3. The highest BCUT2D eigenvalue weighted by molar-refractivity contribution is 6.47. The zero-order valence-corrected chi connectivity index (χ0v) is 16.1. The number of benzene rings is 1. The highest BCUT2D eigenvalue weighted by Crippen LogP contribution is 2.51. The molecule has 1 heterocycles. The minimum Gasteiger partial charge on any atom is -0.404 e. The molecule has 4 unspecified atom stereocenters. The van der Waals surface area contributed by atoms with Crippen molar-refractivity contribution in [3.05, 3.63) is 35.9 Å². The van der Waals surface area contributed by atoms with Gasteiger partial charge in [-0.3, -0.25) is 4.79 Å². The van der Waals surface area contributed by atoms with E-state index in [1.165, 1.54) is 12.8 Å². The van der Waals surface area contributed by atoms with Crippen molar-refractivity contribution in [2.24, 2.45) is 17.1 Å². The van der Waals surface area contributed by atoms with Crippen molar-refractivity contribution in [2.75, 3.05) is 6.54 Å². The lowest BCUT2D eigenvalue weighted by atomic mass is 9.59. The average molecular weight is 358 g/mol. The van der Waals surface area contributed by atoms with E-state index in [0.717, 1.165) is 12.0 Å². The third-order valence-corrected chi connectivity index (χ3v) is 6.03. The van der Waals surface area contributed by atoms with E-state index in [4.69, 9.17) is 15.0 Å². The molecular weight excluding hydrogens is 327 g/mol. The van der Waals surface area contributed by atoms with Crippen LogP contribution in [0.25, 0.3) is 0 Å². The van der Waals surface area contributed by atoms with Crippen LogP contribution in [0.1, 0.15) is 45.6 Å². The molecule has 1 saturated heterocycles. The van der Waals surface area contributed by atoms with E-state index >= 15 is 0 Å². The van der Waals surface area contributed by atoms with Crippen LogP contribution in [-0.4, -0.2) is 37.7 Å². The van der Waals surface area contributed by atoms with E-state index < -0.39 is 7.12 Å². The summed E-state index contributed by atoms with van der Waals surface area (Å²) in [4.78, 5) is 12.0. The van der Waals surface area contributed by atoms with Gasteiger partial charge in [0.1, 0.15) is 0 Å². The normalized spacial score (nSPS) is 28.5. The van der Waals surface area contributed by atoms with Crippen molar-refractivity contribution in [1.29, 1.82) is 0 Å². The summed E-state index contributed by atoms with van der Waals surface area (Å²) in [5.41, 5.74) is 6.95. The van der Waals surface area contributed by atoms with Gasteiger partial charge in [0.25, 0.3) is 0 Å². The lowest BCUT2D eigenvalue weighted by molar-refractivity contribution is -0.120. The highest BCUT2D eigenvalue weighted by Gasteiger charge is 2.53. The second-order valence-electron chi connectivity index (χ2n) is 8.25. The molecule has 26 heavy (non-hydrogen) atoms. The lowest BCUT2D eigenvalue weighted by Crippen LogP contribution is -2.51. The standard InChI is InChI=1S/C20H31BN2O3/c1-4-16-19(15-10-11-20(15,2)3)26-21(25-16)17(23-18(24)13-22)12-14-8-6-5-7-9-14/h5-9,15-17,19H,4,10-13,22H2,1-3H3,(H,23,24). The first-order chi connectivity index (χ1) is 12.4. The van der Waals surface area contributed by atoms with Crippen molar-refractivity contribution < 1.29 is 14.1 Å². The van der Waals surface area contributed by atoms with E-state index in [1.807, 2.05) is 18.2 Å². The first-order valence-corrected chi connectivity index (χ1v) is 9.79. The number of amides is 1. The first kappa shape index (κ1) is 19.4. The zero-order valence-electron chi connectivity index (χ0n) is 16.1. The van der Waals surface area contributed by atoms with Crippen LogP contribution in [-0.2, 0) is 20.5 Å². The molecule has 1 amide bonds. The molecule has 0 spiro atoms. The fraction of sp³-hybridized carbons (Fsp3) is 0.650. The van der Waals surface area contributed by atoms with Crippen molar-refractivity contribution in [3.8, 4) is 0 Å². The summed E-state index contributed by atoms with van der Waals surface area (Å²) in [6.45, 7) is 6.72. The third-order valence-electron chi connectivity index (χ3n) is 6.03. The summed E-state index contributed by atoms with van der Waals surface area (Å²) in [7, 11) is -0.433. The van der Waals surface area contributed by atoms with Gasteiger partial charge >= 0.3 is 7.12 Å². The Hall–Kier alpha value is -1.37. The highest BCUT2D eigenvalue weighted by atomic mass is 16.7. The number of hydrogen-bond acceptors (Lipinski definition) is 4. The van der Waals surface area contributed by atoms with Gasteiger partial charge in [-0.1, -0.05) is 51.1 Å². The Bertz CT molecular complexity index is 610. The van der Waals surface area contributed by atoms with E-state index in [9.17, 15) is 4.79 Å². The minimum atomic E-state index is -0.433. The van der Waals surface area contributed by atoms with Gasteiger partial charge in [0, 0.05) is 0 Å². The number of nitrogens with two attached hydrogens (primary N) is 1. The maximum absolute atomic E-state index is 12.0. The third kappa shape index (κ3) is 4.13. The molecule has 6 heteroatoms. The van der Waals surface area contributed by atoms with Crippen LogP contribution in [0, 0.1) is 11.3 Å². The number of carbonyl (C=O) groups is 1. The summed E-state index contributed by atoms with van der Waals surface area (Å²) in [5, 5.41) is 3.00. The van der Waals surface area contributed by atoms with Crippen LogP contribution < -0.4 is 11.1 Å². The number of hydrogen-bond donors (Lipinski definition) is 2. The Kier molecular flexibility index (Phi) is 6.05. The maximum atomic E-state index is 12.0. The Balaban J connectivity index is 1.74. The topological polar surface area (TPSA) is 73.6 Å².